The second-order valence-corrected chi connectivity index (χ2v) is 7.87. The molecule has 0 bridgehead atoms. The van der Waals surface area contributed by atoms with Crippen molar-refractivity contribution in [2.45, 2.75) is 19.4 Å². The molecule has 4 N–H and O–H groups in total. The van der Waals surface area contributed by atoms with E-state index in [0.717, 1.165) is 49.2 Å². The van der Waals surface area contributed by atoms with Crippen LogP contribution in [0.3, 0.4) is 0 Å². The van der Waals surface area contributed by atoms with E-state index in [0.29, 0.717) is 6.54 Å². The molecule has 2 aromatic heterocycles. The van der Waals surface area contributed by atoms with Crippen LogP contribution in [0.1, 0.15) is 11.1 Å². The molecule has 0 unspecified atom stereocenters. The fraction of sp³-hybridized carbons (Fsp3) is 0.211. The standard InChI is InChI=1S/C19H19ClN6S/c1-11-15(6-7-17-16(11)10-23-24-17)18-25-26-19(27-18)22-9-14(21)8-12-2-4-13(20)5-3-12/h2-7,10,14H,8-9,21H2,1H3,(H,22,26)(H,23,24)/t14-/m0/s1. The Hall–Kier alpha value is -2.48. The molecule has 0 aliphatic carbocycles. The third-order valence-electron chi connectivity index (χ3n) is 4.48. The van der Waals surface area contributed by atoms with Gasteiger partial charge in [0.1, 0.15) is 5.01 Å². The monoisotopic (exact) mass is 398 g/mol. The zero-order valence-corrected chi connectivity index (χ0v) is 16.3. The Morgan fingerprint density at radius 3 is 2.81 bits per heavy atom. The van der Waals surface area contributed by atoms with Crippen molar-refractivity contribution in [2.24, 2.45) is 5.73 Å². The van der Waals surface area contributed by atoms with E-state index in [4.69, 9.17) is 17.3 Å². The van der Waals surface area contributed by atoms with Crippen molar-refractivity contribution in [3.05, 3.63) is 58.7 Å². The number of benzene rings is 2. The molecule has 4 rings (SSSR count). The first-order valence-electron chi connectivity index (χ1n) is 8.60. The number of hydrogen-bond donors (Lipinski definition) is 3. The van der Waals surface area contributed by atoms with E-state index in [1.807, 2.05) is 42.6 Å². The van der Waals surface area contributed by atoms with Crippen LogP contribution in [0.5, 0.6) is 0 Å². The average Bonchev–Trinajstić information content (AvgIpc) is 3.32. The number of fused-ring (bicyclic) bond motifs is 1. The van der Waals surface area contributed by atoms with Gasteiger partial charge < -0.3 is 11.1 Å². The van der Waals surface area contributed by atoms with Gasteiger partial charge in [-0.05, 0) is 48.7 Å². The third kappa shape index (κ3) is 3.95. The van der Waals surface area contributed by atoms with Crippen LogP contribution in [-0.4, -0.2) is 33.0 Å². The van der Waals surface area contributed by atoms with Gasteiger partial charge in [0.2, 0.25) is 5.13 Å². The Labute approximate surface area is 165 Å². The summed E-state index contributed by atoms with van der Waals surface area (Å²) in [5.74, 6) is 0. The largest absolute Gasteiger partial charge is 0.359 e. The highest BCUT2D eigenvalue weighted by Gasteiger charge is 2.13. The van der Waals surface area contributed by atoms with Gasteiger partial charge in [-0.25, -0.2) is 0 Å². The lowest BCUT2D eigenvalue weighted by Crippen LogP contribution is -2.31. The molecular weight excluding hydrogens is 380 g/mol. The molecule has 0 aliphatic rings. The lowest BCUT2D eigenvalue weighted by atomic mass is 10.1. The van der Waals surface area contributed by atoms with Crippen LogP contribution in [-0.2, 0) is 6.42 Å². The van der Waals surface area contributed by atoms with Gasteiger partial charge in [0.15, 0.2) is 0 Å². The molecule has 0 amide bonds. The highest BCUT2D eigenvalue weighted by molar-refractivity contribution is 7.18. The van der Waals surface area contributed by atoms with Crippen molar-refractivity contribution < 1.29 is 0 Å². The van der Waals surface area contributed by atoms with Crippen molar-refractivity contribution in [1.82, 2.24) is 20.4 Å². The van der Waals surface area contributed by atoms with Crippen LogP contribution in [0.2, 0.25) is 5.02 Å². The van der Waals surface area contributed by atoms with E-state index in [1.165, 1.54) is 11.3 Å². The average molecular weight is 399 g/mol. The maximum absolute atomic E-state index is 6.23. The van der Waals surface area contributed by atoms with Gasteiger partial charge in [-0.2, -0.15) is 5.10 Å². The zero-order valence-electron chi connectivity index (χ0n) is 14.7. The summed E-state index contributed by atoms with van der Waals surface area (Å²) < 4.78 is 0. The van der Waals surface area contributed by atoms with Crippen LogP contribution in [0.25, 0.3) is 21.5 Å². The number of anilines is 1. The zero-order chi connectivity index (χ0) is 18.8. The number of nitrogens with two attached hydrogens (primary N) is 1. The second kappa shape index (κ2) is 7.64. The number of aryl methyl sites for hydroxylation is 1. The lowest BCUT2D eigenvalue weighted by molar-refractivity contribution is 0.698. The molecule has 8 heteroatoms. The first kappa shape index (κ1) is 17.9. The second-order valence-electron chi connectivity index (χ2n) is 6.45. The van der Waals surface area contributed by atoms with Crippen LogP contribution in [0, 0.1) is 6.92 Å². The minimum atomic E-state index is -0.0254. The Bertz CT molecular complexity index is 1060. The third-order valence-corrected chi connectivity index (χ3v) is 5.64. The molecule has 6 nitrogen and oxygen atoms in total. The first-order valence-corrected chi connectivity index (χ1v) is 9.80. The minimum absolute atomic E-state index is 0.0254. The molecule has 0 saturated carbocycles. The van der Waals surface area contributed by atoms with Gasteiger partial charge in [-0.15, -0.1) is 10.2 Å². The SMILES string of the molecule is Cc1c(-c2nnc(NC[C@@H](N)Cc3ccc(Cl)cc3)s2)ccc2[nH]ncc12. The van der Waals surface area contributed by atoms with Crippen molar-refractivity contribution in [1.29, 1.82) is 0 Å². The van der Waals surface area contributed by atoms with Gasteiger partial charge in [-0.3, -0.25) is 5.10 Å². The Kier molecular flexibility index (Phi) is 5.07. The summed E-state index contributed by atoms with van der Waals surface area (Å²) in [5.41, 5.74) is 10.6. The highest BCUT2D eigenvalue weighted by atomic mass is 35.5. The number of halogens is 1. The normalized spacial score (nSPS) is 12.4. The molecule has 0 aliphatic heterocycles. The fourth-order valence-electron chi connectivity index (χ4n) is 3.01. The van der Waals surface area contributed by atoms with E-state index in [2.05, 4.69) is 32.6 Å². The minimum Gasteiger partial charge on any atom is -0.359 e. The maximum Gasteiger partial charge on any atom is 0.206 e. The number of nitrogens with one attached hydrogen (secondary N) is 2. The maximum atomic E-state index is 6.23. The summed E-state index contributed by atoms with van der Waals surface area (Å²) in [7, 11) is 0. The molecule has 4 aromatic rings. The van der Waals surface area contributed by atoms with Crippen molar-refractivity contribution in [2.75, 3.05) is 11.9 Å². The predicted octanol–water partition coefficient (Wildman–Crippen LogP) is 4.03. The molecule has 1 atom stereocenters. The van der Waals surface area contributed by atoms with E-state index in [-0.39, 0.29) is 6.04 Å². The number of aromatic nitrogens is 4. The number of H-pyrrole nitrogens is 1. The summed E-state index contributed by atoms with van der Waals surface area (Å²) in [6.45, 7) is 2.70. The number of hydrogen-bond acceptors (Lipinski definition) is 6. The Morgan fingerprint density at radius 1 is 1.19 bits per heavy atom. The van der Waals surface area contributed by atoms with E-state index in [1.54, 1.807) is 0 Å². The summed E-state index contributed by atoms with van der Waals surface area (Å²) in [6.07, 6.45) is 2.61. The molecule has 27 heavy (non-hydrogen) atoms. The molecule has 0 radical (unpaired) electrons. The number of aromatic amines is 1. The number of nitrogens with zero attached hydrogens (tertiary/aromatic N) is 3. The molecule has 2 aromatic carbocycles. The van der Waals surface area contributed by atoms with Crippen molar-refractivity contribution in [3.63, 3.8) is 0 Å². The van der Waals surface area contributed by atoms with Crippen molar-refractivity contribution >= 4 is 39.0 Å². The molecule has 0 saturated heterocycles. The summed E-state index contributed by atoms with van der Waals surface area (Å²) >= 11 is 7.44. The molecule has 2 heterocycles. The van der Waals surface area contributed by atoms with Crippen LogP contribution in [0.15, 0.2) is 42.6 Å². The quantitative estimate of drug-likeness (QED) is 0.456. The van der Waals surface area contributed by atoms with E-state index < -0.39 is 0 Å². The summed E-state index contributed by atoms with van der Waals surface area (Å²) in [4.78, 5) is 0. The van der Waals surface area contributed by atoms with E-state index >= 15 is 0 Å². The summed E-state index contributed by atoms with van der Waals surface area (Å²) in [5, 5.41) is 22.4. The number of rotatable bonds is 6. The van der Waals surface area contributed by atoms with Gasteiger partial charge >= 0.3 is 0 Å². The van der Waals surface area contributed by atoms with Crippen molar-refractivity contribution in [3.8, 4) is 10.6 Å². The molecule has 0 fully saturated rings. The van der Waals surface area contributed by atoms with Gasteiger partial charge in [0.25, 0.3) is 0 Å². The van der Waals surface area contributed by atoms with Crippen LogP contribution < -0.4 is 11.1 Å². The van der Waals surface area contributed by atoms with Gasteiger partial charge in [0, 0.05) is 28.6 Å². The molecule has 0 spiro atoms. The molecule has 138 valence electrons. The smallest absolute Gasteiger partial charge is 0.206 e. The van der Waals surface area contributed by atoms with E-state index in [9.17, 15) is 0 Å². The Balaban J connectivity index is 1.41. The molecular formula is C19H19ClN6S. The summed E-state index contributed by atoms with van der Waals surface area (Å²) in [6, 6.07) is 11.8. The van der Waals surface area contributed by atoms with Gasteiger partial charge in [0.05, 0.1) is 11.7 Å². The van der Waals surface area contributed by atoms with Crippen LogP contribution in [0.4, 0.5) is 5.13 Å². The highest BCUT2D eigenvalue weighted by Crippen LogP contribution is 2.32. The van der Waals surface area contributed by atoms with Gasteiger partial charge in [-0.1, -0.05) is 35.1 Å². The fourth-order valence-corrected chi connectivity index (χ4v) is 3.97. The first-order chi connectivity index (χ1) is 13.1. The Morgan fingerprint density at radius 2 is 2.00 bits per heavy atom. The topological polar surface area (TPSA) is 92.5 Å². The van der Waals surface area contributed by atoms with Crippen LogP contribution >= 0.6 is 22.9 Å². The predicted molar refractivity (Wildman–Crippen MR) is 111 cm³/mol. The lowest BCUT2D eigenvalue weighted by Gasteiger charge is -2.12.